The average molecular weight is 274 g/mol. The molecule has 2 unspecified atom stereocenters. The first-order valence-corrected chi connectivity index (χ1v) is 7.67. The predicted molar refractivity (Wildman–Crippen MR) is 82.5 cm³/mol. The highest BCUT2D eigenvalue weighted by Gasteiger charge is 2.33. The lowest BCUT2D eigenvalue weighted by atomic mass is 9.91. The van der Waals surface area contributed by atoms with E-state index in [-0.39, 0.29) is 18.0 Å². The van der Waals surface area contributed by atoms with Gasteiger partial charge in [-0.05, 0) is 49.8 Å². The number of likely N-dealkylation sites (tertiary alicyclic amines) is 1. The largest absolute Gasteiger partial charge is 0.334 e. The first-order chi connectivity index (χ1) is 9.56. The fraction of sp³-hybridized carbons (Fsp3) is 0.588. The van der Waals surface area contributed by atoms with Gasteiger partial charge in [0.15, 0.2) is 0 Å². The Bertz CT molecular complexity index is 484. The van der Waals surface area contributed by atoms with Gasteiger partial charge in [0.25, 0.3) is 0 Å². The van der Waals surface area contributed by atoms with Crippen LogP contribution in [-0.2, 0) is 4.79 Å². The zero-order chi connectivity index (χ0) is 14.7. The Labute approximate surface area is 122 Å². The number of carbonyl (C=O) groups is 1. The second-order valence-electron chi connectivity index (χ2n) is 5.88. The van der Waals surface area contributed by atoms with Crippen molar-refractivity contribution in [2.45, 2.75) is 58.5 Å². The zero-order valence-corrected chi connectivity index (χ0v) is 12.9. The molecule has 3 nitrogen and oxygen atoms in total. The van der Waals surface area contributed by atoms with Crippen LogP contribution in [0.5, 0.6) is 0 Å². The van der Waals surface area contributed by atoms with E-state index in [4.69, 9.17) is 5.73 Å². The van der Waals surface area contributed by atoms with E-state index in [2.05, 4.69) is 39.0 Å². The van der Waals surface area contributed by atoms with Gasteiger partial charge < -0.3 is 10.6 Å². The number of nitrogens with two attached hydrogens (primary N) is 1. The van der Waals surface area contributed by atoms with Crippen molar-refractivity contribution in [1.29, 1.82) is 0 Å². The summed E-state index contributed by atoms with van der Waals surface area (Å²) in [5.74, 6) is 0.255. The summed E-state index contributed by atoms with van der Waals surface area (Å²) in [6.07, 6.45) is 3.43. The molecule has 1 amide bonds. The van der Waals surface area contributed by atoms with Crippen molar-refractivity contribution in [3.05, 3.63) is 34.9 Å². The molecule has 20 heavy (non-hydrogen) atoms. The summed E-state index contributed by atoms with van der Waals surface area (Å²) in [4.78, 5) is 14.4. The third-order valence-electron chi connectivity index (χ3n) is 4.42. The zero-order valence-electron chi connectivity index (χ0n) is 12.9. The predicted octanol–water partition coefficient (Wildman–Crippen LogP) is 3.09. The Hall–Kier alpha value is -1.35. The van der Waals surface area contributed by atoms with E-state index in [9.17, 15) is 4.79 Å². The fourth-order valence-corrected chi connectivity index (χ4v) is 3.17. The first-order valence-electron chi connectivity index (χ1n) is 7.67. The van der Waals surface area contributed by atoms with Gasteiger partial charge >= 0.3 is 0 Å². The van der Waals surface area contributed by atoms with Gasteiger partial charge in [-0.25, -0.2) is 0 Å². The Balaban J connectivity index is 2.46. The van der Waals surface area contributed by atoms with E-state index < -0.39 is 0 Å². The van der Waals surface area contributed by atoms with Crippen LogP contribution in [0.25, 0.3) is 0 Å². The lowest BCUT2D eigenvalue weighted by Gasteiger charge is -2.35. The minimum Gasteiger partial charge on any atom is -0.334 e. The molecule has 3 heteroatoms. The van der Waals surface area contributed by atoms with Crippen molar-refractivity contribution in [2.24, 2.45) is 5.73 Å². The van der Waals surface area contributed by atoms with Crippen LogP contribution in [0.3, 0.4) is 0 Å². The number of nitrogens with zero attached hydrogens (tertiary/aromatic N) is 1. The molecule has 0 aliphatic carbocycles. The number of hydrogen-bond donors (Lipinski definition) is 1. The minimum atomic E-state index is 0.0323. The van der Waals surface area contributed by atoms with Crippen molar-refractivity contribution in [3.8, 4) is 0 Å². The molecule has 0 saturated carbocycles. The van der Waals surface area contributed by atoms with Gasteiger partial charge in [-0.15, -0.1) is 0 Å². The second-order valence-corrected chi connectivity index (χ2v) is 5.88. The van der Waals surface area contributed by atoms with Crippen LogP contribution in [0, 0.1) is 13.8 Å². The van der Waals surface area contributed by atoms with Crippen LogP contribution in [0.2, 0.25) is 0 Å². The molecule has 1 aliphatic heterocycles. The number of amides is 1. The normalized spacial score (nSPS) is 23.8. The summed E-state index contributed by atoms with van der Waals surface area (Å²) in [6.45, 7) is 7.17. The highest BCUT2D eigenvalue weighted by Crippen LogP contribution is 2.32. The van der Waals surface area contributed by atoms with Crippen molar-refractivity contribution in [1.82, 2.24) is 4.90 Å². The lowest BCUT2D eigenvalue weighted by Crippen LogP contribution is -2.43. The monoisotopic (exact) mass is 274 g/mol. The van der Waals surface area contributed by atoms with Gasteiger partial charge in [0.05, 0.1) is 6.04 Å². The van der Waals surface area contributed by atoms with Gasteiger partial charge in [0.1, 0.15) is 0 Å². The van der Waals surface area contributed by atoms with Crippen LogP contribution in [0.1, 0.15) is 55.3 Å². The third-order valence-corrected chi connectivity index (χ3v) is 4.42. The molecule has 1 aromatic rings. The SMILES string of the molecule is CCCN1C(=O)CCCC(N)C1c1cccc(C)c1C. The molecule has 1 aliphatic rings. The molecule has 1 aromatic carbocycles. The Morgan fingerprint density at radius 3 is 2.80 bits per heavy atom. The van der Waals surface area contributed by atoms with Crippen molar-refractivity contribution in [3.63, 3.8) is 0 Å². The topological polar surface area (TPSA) is 46.3 Å². The highest BCUT2D eigenvalue weighted by molar-refractivity contribution is 5.77. The Morgan fingerprint density at radius 1 is 1.35 bits per heavy atom. The maximum Gasteiger partial charge on any atom is 0.223 e. The maximum atomic E-state index is 12.4. The highest BCUT2D eigenvalue weighted by atomic mass is 16.2. The molecule has 0 aromatic heterocycles. The van der Waals surface area contributed by atoms with Crippen LogP contribution in [0.15, 0.2) is 18.2 Å². The summed E-state index contributed by atoms with van der Waals surface area (Å²) >= 11 is 0. The summed E-state index contributed by atoms with van der Waals surface area (Å²) < 4.78 is 0. The molecule has 2 atom stereocenters. The van der Waals surface area contributed by atoms with E-state index in [1.54, 1.807) is 0 Å². The van der Waals surface area contributed by atoms with Crippen LogP contribution in [-0.4, -0.2) is 23.4 Å². The number of benzene rings is 1. The molecule has 2 rings (SSSR count). The third kappa shape index (κ3) is 2.88. The molecule has 0 radical (unpaired) electrons. The van der Waals surface area contributed by atoms with Crippen LogP contribution in [0.4, 0.5) is 0 Å². The van der Waals surface area contributed by atoms with Gasteiger partial charge in [-0.2, -0.15) is 0 Å². The van der Waals surface area contributed by atoms with Crippen molar-refractivity contribution in [2.75, 3.05) is 6.54 Å². The summed E-state index contributed by atoms with van der Waals surface area (Å²) in [6, 6.07) is 6.39. The molecule has 1 heterocycles. The van der Waals surface area contributed by atoms with Gasteiger partial charge in [-0.3, -0.25) is 4.79 Å². The van der Waals surface area contributed by atoms with E-state index >= 15 is 0 Å². The molecular weight excluding hydrogens is 248 g/mol. The van der Waals surface area contributed by atoms with E-state index in [0.717, 1.165) is 25.8 Å². The summed E-state index contributed by atoms with van der Waals surface area (Å²) in [7, 11) is 0. The molecule has 0 spiro atoms. The van der Waals surface area contributed by atoms with Crippen molar-refractivity contribution < 1.29 is 4.79 Å². The average Bonchev–Trinajstić information content (AvgIpc) is 2.54. The Morgan fingerprint density at radius 2 is 2.10 bits per heavy atom. The van der Waals surface area contributed by atoms with Gasteiger partial charge in [-0.1, -0.05) is 25.1 Å². The number of rotatable bonds is 3. The maximum absolute atomic E-state index is 12.4. The van der Waals surface area contributed by atoms with Crippen LogP contribution < -0.4 is 5.73 Å². The van der Waals surface area contributed by atoms with Crippen LogP contribution >= 0.6 is 0 Å². The number of hydrogen-bond acceptors (Lipinski definition) is 2. The smallest absolute Gasteiger partial charge is 0.223 e. The number of carbonyl (C=O) groups excluding carboxylic acids is 1. The van der Waals surface area contributed by atoms with E-state index in [0.29, 0.717) is 6.42 Å². The fourth-order valence-electron chi connectivity index (χ4n) is 3.17. The van der Waals surface area contributed by atoms with E-state index in [1.807, 2.05) is 4.90 Å². The van der Waals surface area contributed by atoms with Gasteiger partial charge in [0.2, 0.25) is 5.91 Å². The Kier molecular flexibility index (Phi) is 4.81. The summed E-state index contributed by atoms with van der Waals surface area (Å²) in [5.41, 5.74) is 10.2. The second kappa shape index (κ2) is 6.40. The lowest BCUT2D eigenvalue weighted by molar-refractivity contribution is -0.133. The molecule has 110 valence electrons. The summed E-state index contributed by atoms with van der Waals surface area (Å²) in [5, 5.41) is 0. The standard InChI is InChI=1S/C17H26N2O/c1-4-11-19-16(20)10-6-9-15(18)17(19)14-8-5-7-12(2)13(14)3/h5,7-8,15,17H,4,6,9-11,18H2,1-3H3. The molecule has 2 N–H and O–H groups in total. The molecule has 1 saturated heterocycles. The molecule has 1 fully saturated rings. The van der Waals surface area contributed by atoms with Gasteiger partial charge in [0, 0.05) is 19.0 Å². The quantitative estimate of drug-likeness (QED) is 0.920. The molecule has 0 bridgehead atoms. The number of aryl methyl sites for hydroxylation is 1. The first kappa shape index (κ1) is 15.0. The minimum absolute atomic E-state index is 0.0323. The molecular formula is C17H26N2O. The van der Waals surface area contributed by atoms with Crippen molar-refractivity contribution >= 4 is 5.91 Å². The van der Waals surface area contributed by atoms with E-state index in [1.165, 1.54) is 16.7 Å².